The highest BCUT2D eigenvalue weighted by molar-refractivity contribution is 6.10. The molecule has 0 aliphatic carbocycles. The molecule has 1 rings (SSSR count). The quantitative estimate of drug-likeness (QED) is 0.623. The molecule has 0 saturated heterocycles. The molecule has 90 valence electrons. The third-order valence-corrected chi connectivity index (χ3v) is 1.81. The highest BCUT2D eigenvalue weighted by Gasteiger charge is 2.19. The molecule has 8 heteroatoms. The first-order valence-electron chi connectivity index (χ1n) is 4.36. The number of hydrazone groups is 1. The fourth-order valence-electron chi connectivity index (χ4n) is 1.06. The van der Waals surface area contributed by atoms with Gasteiger partial charge in [-0.3, -0.25) is 5.43 Å². The van der Waals surface area contributed by atoms with Crippen LogP contribution in [0.25, 0.3) is 0 Å². The van der Waals surface area contributed by atoms with Crippen LogP contribution in [0, 0.1) is 34.3 Å². The Morgan fingerprint density at radius 3 is 2.33 bits per heavy atom. The van der Waals surface area contributed by atoms with E-state index in [-0.39, 0.29) is 0 Å². The van der Waals surface area contributed by atoms with E-state index in [9.17, 15) is 13.6 Å². The lowest BCUT2D eigenvalue weighted by atomic mass is 10.1. The minimum Gasteiger partial charge on any atom is -0.478 e. The average molecular weight is 250 g/mol. The number of carboxylic acids is 1. The first-order chi connectivity index (χ1) is 8.51. The van der Waals surface area contributed by atoms with Gasteiger partial charge in [-0.15, -0.1) is 0 Å². The number of halogens is 2. The molecule has 0 aliphatic rings. The molecule has 0 bridgehead atoms. The second-order valence-corrected chi connectivity index (χ2v) is 2.88. The monoisotopic (exact) mass is 250 g/mol. The number of anilines is 1. The predicted molar refractivity (Wildman–Crippen MR) is 55.6 cm³/mol. The summed E-state index contributed by atoms with van der Waals surface area (Å²) in [4.78, 5) is 10.8. The number of rotatable bonds is 3. The largest absolute Gasteiger partial charge is 0.478 e. The van der Waals surface area contributed by atoms with Crippen molar-refractivity contribution in [1.29, 1.82) is 10.5 Å². The van der Waals surface area contributed by atoms with Gasteiger partial charge in [0.05, 0.1) is 0 Å². The summed E-state index contributed by atoms with van der Waals surface area (Å²) >= 11 is 0. The number of hydrogen-bond donors (Lipinski definition) is 2. The Morgan fingerprint density at radius 2 is 1.83 bits per heavy atom. The molecule has 6 nitrogen and oxygen atoms in total. The maximum Gasteiger partial charge on any atom is 0.341 e. The number of nitrogens with zero attached hydrogens (tertiary/aromatic N) is 3. The Bertz CT molecular complexity index is 598. The van der Waals surface area contributed by atoms with E-state index in [1.54, 1.807) is 0 Å². The maximum absolute atomic E-state index is 13.3. The molecule has 0 amide bonds. The molecule has 18 heavy (non-hydrogen) atoms. The topological polar surface area (TPSA) is 109 Å². The SMILES string of the molecule is N#CC(C#N)=NNc1c(F)ccc(F)c1C(=O)O. The Hall–Kier alpha value is -3.00. The Morgan fingerprint density at radius 1 is 1.28 bits per heavy atom. The number of nitriles is 2. The molecule has 0 unspecified atom stereocenters. The van der Waals surface area contributed by atoms with E-state index in [0.29, 0.717) is 12.1 Å². The number of nitrogens with one attached hydrogen (secondary N) is 1. The normalized spacial score (nSPS) is 8.89. The predicted octanol–water partition coefficient (Wildman–Crippen LogP) is 1.48. The average Bonchev–Trinajstić information content (AvgIpc) is 2.34. The zero-order valence-corrected chi connectivity index (χ0v) is 8.61. The lowest BCUT2D eigenvalue weighted by Crippen LogP contribution is -2.09. The van der Waals surface area contributed by atoms with Crippen molar-refractivity contribution < 1.29 is 18.7 Å². The number of carboxylic acid groups (broad SMARTS) is 1. The van der Waals surface area contributed by atoms with Crippen LogP contribution in [0.5, 0.6) is 0 Å². The van der Waals surface area contributed by atoms with Gasteiger partial charge in [-0.1, -0.05) is 0 Å². The summed E-state index contributed by atoms with van der Waals surface area (Å²) in [5, 5.41) is 28.6. The standard InChI is InChI=1S/C10H4F2N4O2/c11-6-1-2-7(12)9(8(6)10(17)18)16-15-5(3-13)4-14/h1-2,16H,(H,17,18). The zero-order chi connectivity index (χ0) is 13.7. The van der Waals surface area contributed by atoms with Crippen molar-refractivity contribution in [2.45, 2.75) is 0 Å². The molecule has 0 spiro atoms. The fourth-order valence-corrected chi connectivity index (χ4v) is 1.06. The summed E-state index contributed by atoms with van der Waals surface area (Å²) in [6, 6.07) is 4.07. The minimum absolute atomic E-state index is 0.642. The van der Waals surface area contributed by atoms with Crippen LogP contribution >= 0.6 is 0 Å². The molecule has 2 N–H and O–H groups in total. The Kier molecular flexibility index (Phi) is 3.89. The number of aromatic carboxylic acids is 1. The van der Waals surface area contributed by atoms with Crippen LogP contribution in [0.2, 0.25) is 0 Å². The van der Waals surface area contributed by atoms with Gasteiger partial charge in [-0.25, -0.2) is 13.6 Å². The van der Waals surface area contributed by atoms with Gasteiger partial charge in [0.2, 0.25) is 5.71 Å². The number of carbonyl (C=O) groups is 1. The summed E-state index contributed by atoms with van der Waals surface area (Å²) in [5.74, 6) is -3.95. The molecule has 1 aromatic rings. The first kappa shape index (κ1) is 13.1. The summed E-state index contributed by atoms with van der Waals surface area (Å²) in [6.45, 7) is 0. The van der Waals surface area contributed by atoms with Crippen molar-refractivity contribution in [2.24, 2.45) is 5.10 Å². The minimum atomic E-state index is -1.71. The van der Waals surface area contributed by atoms with Crippen molar-refractivity contribution in [3.63, 3.8) is 0 Å². The lowest BCUT2D eigenvalue weighted by molar-refractivity contribution is 0.0692. The van der Waals surface area contributed by atoms with Gasteiger partial charge >= 0.3 is 5.97 Å². The highest BCUT2D eigenvalue weighted by Crippen LogP contribution is 2.23. The molecule has 0 atom stereocenters. The van der Waals surface area contributed by atoms with Crippen LogP contribution in [0.1, 0.15) is 10.4 Å². The van der Waals surface area contributed by atoms with Crippen molar-refractivity contribution in [1.82, 2.24) is 0 Å². The van der Waals surface area contributed by atoms with Crippen molar-refractivity contribution in [3.05, 3.63) is 29.3 Å². The van der Waals surface area contributed by atoms with E-state index in [4.69, 9.17) is 15.6 Å². The third-order valence-electron chi connectivity index (χ3n) is 1.81. The van der Waals surface area contributed by atoms with Gasteiger partial charge in [0.25, 0.3) is 0 Å². The van der Waals surface area contributed by atoms with E-state index < -0.39 is 34.6 Å². The smallest absolute Gasteiger partial charge is 0.341 e. The van der Waals surface area contributed by atoms with E-state index in [1.807, 2.05) is 5.43 Å². The number of hydrogen-bond acceptors (Lipinski definition) is 5. The van der Waals surface area contributed by atoms with Crippen LogP contribution < -0.4 is 5.43 Å². The Labute approximate surface area is 99.4 Å². The van der Waals surface area contributed by atoms with E-state index in [0.717, 1.165) is 0 Å². The fraction of sp³-hybridized carbons (Fsp3) is 0. The van der Waals surface area contributed by atoms with Gasteiger partial charge in [0.1, 0.15) is 35.0 Å². The van der Waals surface area contributed by atoms with Gasteiger partial charge in [0, 0.05) is 0 Å². The summed E-state index contributed by atoms with van der Waals surface area (Å²) < 4.78 is 26.5. The number of benzene rings is 1. The first-order valence-corrected chi connectivity index (χ1v) is 4.36. The van der Waals surface area contributed by atoms with E-state index in [1.165, 1.54) is 12.1 Å². The summed E-state index contributed by atoms with van der Waals surface area (Å²) in [6.07, 6.45) is 0. The van der Waals surface area contributed by atoms with Crippen molar-refractivity contribution in [3.8, 4) is 12.1 Å². The molecule has 1 aromatic carbocycles. The van der Waals surface area contributed by atoms with Crippen molar-refractivity contribution in [2.75, 3.05) is 5.43 Å². The molecular formula is C10H4F2N4O2. The Balaban J connectivity index is 3.30. The van der Waals surface area contributed by atoms with Crippen LogP contribution in [0.3, 0.4) is 0 Å². The molecule has 0 aromatic heterocycles. The van der Waals surface area contributed by atoms with Crippen LogP contribution in [0.4, 0.5) is 14.5 Å². The molecule has 0 aliphatic heterocycles. The zero-order valence-electron chi connectivity index (χ0n) is 8.61. The second-order valence-electron chi connectivity index (χ2n) is 2.88. The second kappa shape index (κ2) is 5.37. The van der Waals surface area contributed by atoms with E-state index in [2.05, 4.69) is 5.10 Å². The molecule has 0 radical (unpaired) electrons. The van der Waals surface area contributed by atoms with Crippen LogP contribution in [-0.2, 0) is 0 Å². The van der Waals surface area contributed by atoms with Crippen molar-refractivity contribution >= 4 is 17.4 Å². The molecule has 0 saturated carbocycles. The molecular weight excluding hydrogens is 246 g/mol. The van der Waals surface area contributed by atoms with Crippen LogP contribution in [0.15, 0.2) is 17.2 Å². The van der Waals surface area contributed by atoms with Gasteiger partial charge in [-0.05, 0) is 12.1 Å². The van der Waals surface area contributed by atoms with Gasteiger partial charge < -0.3 is 5.11 Å². The van der Waals surface area contributed by atoms with Gasteiger partial charge in [0.15, 0.2) is 0 Å². The highest BCUT2D eigenvalue weighted by atomic mass is 19.1. The third kappa shape index (κ3) is 2.57. The van der Waals surface area contributed by atoms with Gasteiger partial charge in [-0.2, -0.15) is 15.6 Å². The van der Waals surface area contributed by atoms with Crippen LogP contribution in [-0.4, -0.2) is 16.8 Å². The van der Waals surface area contributed by atoms with E-state index >= 15 is 0 Å². The lowest BCUT2D eigenvalue weighted by Gasteiger charge is -2.07. The summed E-state index contributed by atoms with van der Waals surface area (Å²) in [7, 11) is 0. The maximum atomic E-state index is 13.3. The molecule has 0 fully saturated rings. The summed E-state index contributed by atoms with van der Waals surface area (Å²) in [5.41, 5.74) is -0.527. The molecule has 0 heterocycles.